The van der Waals surface area contributed by atoms with E-state index in [4.69, 9.17) is 0 Å². The van der Waals surface area contributed by atoms with Gasteiger partial charge in [-0.15, -0.1) is 0 Å². The second-order valence-corrected chi connectivity index (χ2v) is 7.60. The second kappa shape index (κ2) is 6.55. The summed E-state index contributed by atoms with van der Waals surface area (Å²) in [6, 6.07) is 12.5. The molecule has 5 rings (SSSR count). The van der Waals surface area contributed by atoms with Gasteiger partial charge in [0, 0.05) is 25.3 Å². The molecule has 0 unspecified atom stereocenters. The Labute approximate surface area is 167 Å². The van der Waals surface area contributed by atoms with E-state index in [-0.39, 0.29) is 5.69 Å². The van der Waals surface area contributed by atoms with Crippen molar-refractivity contribution < 1.29 is 0 Å². The minimum Gasteiger partial charge on any atom is -0.369 e. The minimum absolute atomic E-state index is 0.196. The average molecular weight is 387 g/mol. The first-order valence-electron chi connectivity index (χ1n) is 9.76. The molecular formula is C22H21N5O2. The Hall–Kier alpha value is -3.48. The average Bonchev–Trinajstić information content (AvgIpc) is 3.10. The van der Waals surface area contributed by atoms with Crippen molar-refractivity contribution in [3.05, 3.63) is 73.9 Å². The summed E-state index contributed by atoms with van der Waals surface area (Å²) in [5.41, 5.74) is 5.50. The SMILES string of the molecule is Cc1cc2nc3c(=O)[nH]c(=O)nc-3n(CCN3CCc4ccccc43)c2cc1C. The molecule has 2 aromatic rings. The van der Waals surface area contributed by atoms with Crippen LogP contribution < -0.4 is 16.1 Å². The number of H-pyrrole nitrogens is 1. The third kappa shape index (κ3) is 2.90. The van der Waals surface area contributed by atoms with E-state index in [1.165, 1.54) is 11.3 Å². The molecule has 3 heterocycles. The summed E-state index contributed by atoms with van der Waals surface area (Å²) in [7, 11) is 0. The predicted molar refractivity (Wildman–Crippen MR) is 113 cm³/mol. The van der Waals surface area contributed by atoms with E-state index in [1.807, 2.05) is 24.5 Å². The highest BCUT2D eigenvalue weighted by atomic mass is 16.2. The number of aromatic amines is 1. The quantitative estimate of drug-likeness (QED) is 0.545. The summed E-state index contributed by atoms with van der Waals surface area (Å²) in [6.07, 6.45) is 1.03. The van der Waals surface area contributed by atoms with E-state index < -0.39 is 11.2 Å². The number of rotatable bonds is 3. The molecule has 2 aromatic carbocycles. The lowest BCUT2D eigenvalue weighted by Crippen LogP contribution is -2.31. The maximum Gasteiger partial charge on any atom is 0.349 e. The van der Waals surface area contributed by atoms with Crippen molar-refractivity contribution in [3.63, 3.8) is 0 Å². The molecule has 3 aliphatic heterocycles. The zero-order chi connectivity index (χ0) is 20.1. The van der Waals surface area contributed by atoms with Gasteiger partial charge in [0.15, 0.2) is 11.5 Å². The number of benzene rings is 2. The molecule has 0 atom stereocenters. The second-order valence-electron chi connectivity index (χ2n) is 7.60. The fourth-order valence-corrected chi connectivity index (χ4v) is 4.14. The Morgan fingerprint density at radius 1 is 1.03 bits per heavy atom. The molecule has 0 bridgehead atoms. The fraction of sp³-hybridized carbons (Fsp3) is 0.273. The van der Waals surface area contributed by atoms with Gasteiger partial charge in [-0.3, -0.25) is 9.78 Å². The third-order valence-corrected chi connectivity index (χ3v) is 5.80. The van der Waals surface area contributed by atoms with Crippen molar-refractivity contribution in [1.82, 2.24) is 19.5 Å². The van der Waals surface area contributed by atoms with Crippen LogP contribution in [0.1, 0.15) is 16.7 Å². The van der Waals surface area contributed by atoms with E-state index in [1.54, 1.807) is 0 Å². The molecule has 0 aromatic heterocycles. The van der Waals surface area contributed by atoms with E-state index >= 15 is 0 Å². The number of nitrogens with one attached hydrogen (secondary N) is 1. The van der Waals surface area contributed by atoms with Gasteiger partial charge in [-0.2, -0.15) is 4.98 Å². The van der Waals surface area contributed by atoms with Crippen LogP contribution >= 0.6 is 0 Å². The van der Waals surface area contributed by atoms with Crippen LogP contribution in [0.5, 0.6) is 0 Å². The van der Waals surface area contributed by atoms with Gasteiger partial charge in [0.2, 0.25) is 0 Å². The Morgan fingerprint density at radius 3 is 2.69 bits per heavy atom. The molecule has 7 nitrogen and oxygen atoms in total. The summed E-state index contributed by atoms with van der Waals surface area (Å²) in [5, 5.41) is 0. The molecule has 0 fully saturated rings. The Morgan fingerprint density at radius 2 is 1.83 bits per heavy atom. The highest BCUT2D eigenvalue weighted by molar-refractivity contribution is 5.81. The minimum atomic E-state index is -0.646. The lowest BCUT2D eigenvalue weighted by Gasteiger charge is -2.23. The van der Waals surface area contributed by atoms with Gasteiger partial charge in [-0.1, -0.05) is 18.2 Å². The molecule has 0 saturated carbocycles. The van der Waals surface area contributed by atoms with E-state index in [0.29, 0.717) is 12.4 Å². The predicted octanol–water partition coefficient (Wildman–Crippen LogP) is 2.26. The zero-order valence-electron chi connectivity index (χ0n) is 16.4. The monoisotopic (exact) mass is 387 g/mol. The molecule has 0 aliphatic carbocycles. The van der Waals surface area contributed by atoms with Crippen LogP contribution in [0.25, 0.3) is 22.6 Å². The van der Waals surface area contributed by atoms with Gasteiger partial charge in [0.05, 0.1) is 11.0 Å². The van der Waals surface area contributed by atoms with Crippen molar-refractivity contribution >= 4 is 16.7 Å². The van der Waals surface area contributed by atoms with Crippen LogP contribution in [0.3, 0.4) is 0 Å². The number of aryl methyl sites for hydroxylation is 2. The number of anilines is 1. The lowest BCUT2D eigenvalue weighted by atomic mass is 10.1. The molecule has 0 spiro atoms. The van der Waals surface area contributed by atoms with Gasteiger partial charge >= 0.3 is 5.69 Å². The largest absolute Gasteiger partial charge is 0.369 e. The van der Waals surface area contributed by atoms with Gasteiger partial charge in [-0.25, -0.2) is 9.78 Å². The van der Waals surface area contributed by atoms with Crippen molar-refractivity contribution in [2.45, 2.75) is 26.8 Å². The number of aromatic nitrogens is 4. The molecule has 146 valence electrons. The molecule has 0 amide bonds. The van der Waals surface area contributed by atoms with Crippen LogP contribution in [-0.4, -0.2) is 32.6 Å². The molecule has 29 heavy (non-hydrogen) atoms. The summed E-state index contributed by atoms with van der Waals surface area (Å²) < 4.78 is 1.96. The molecule has 0 radical (unpaired) electrons. The van der Waals surface area contributed by atoms with Crippen molar-refractivity contribution in [3.8, 4) is 11.5 Å². The first kappa shape index (κ1) is 17.6. The molecule has 0 saturated heterocycles. The standard InChI is InChI=1S/C22H21N5O2/c1-13-11-16-18(12-14(13)2)27(20-19(23-16)21(28)25-22(29)24-20)10-9-26-8-7-15-5-3-4-6-17(15)26/h3-6,11-12H,7-10H2,1-2H3,(H,25,28,29). The van der Waals surface area contributed by atoms with Crippen LogP contribution in [0.4, 0.5) is 5.69 Å². The molecule has 7 heteroatoms. The Kier molecular flexibility index (Phi) is 3.97. The Bertz CT molecular complexity index is 1340. The van der Waals surface area contributed by atoms with Crippen LogP contribution in [0.15, 0.2) is 46.0 Å². The van der Waals surface area contributed by atoms with Crippen molar-refractivity contribution in [2.75, 3.05) is 18.0 Å². The van der Waals surface area contributed by atoms with Crippen LogP contribution in [-0.2, 0) is 13.0 Å². The van der Waals surface area contributed by atoms with E-state index in [9.17, 15) is 9.59 Å². The number of hydrogen-bond acceptors (Lipinski definition) is 5. The topological polar surface area (TPSA) is 83.9 Å². The van der Waals surface area contributed by atoms with Gasteiger partial charge in [-0.05, 0) is 55.2 Å². The highest BCUT2D eigenvalue weighted by Gasteiger charge is 2.22. The zero-order valence-corrected chi connectivity index (χ0v) is 16.4. The number of nitrogens with zero attached hydrogens (tertiary/aromatic N) is 4. The summed E-state index contributed by atoms with van der Waals surface area (Å²) in [5.74, 6) is 0.335. The summed E-state index contributed by atoms with van der Waals surface area (Å²) >= 11 is 0. The van der Waals surface area contributed by atoms with E-state index in [0.717, 1.165) is 41.7 Å². The molecule has 1 N–H and O–H groups in total. The van der Waals surface area contributed by atoms with Crippen LogP contribution in [0.2, 0.25) is 0 Å². The smallest absolute Gasteiger partial charge is 0.349 e. The van der Waals surface area contributed by atoms with Crippen molar-refractivity contribution in [1.29, 1.82) is 0 Å². The summed E-state index contributed by atoms with van der Waals surface area (Å²) in [6.45, 7) is 6.38. The summed E-state index contributed by atoms with van der Waals surface area (Å²) in [4.78, 5) is 37.5. The van der Waals surface area contributed by atoms with Gasteiger partial charge in [0.25, 0.3) is 5.56 Å². The fourth-order valence-electron chi connectivity index (χ4n) is 4.14. The lowest BCUT2D eigenvalue weighted by molar-refractivity contribution is 0.673. The number of hydrogen-bond donors (Lipinski definition) is 1. The normalized spacial score (nSPS) is 13.4. The first-order chi connectivity index (χ1) is 14.0. The first-order valence-corrected chi connectivity index (χ1v) is 9.76. The maximum atomic E-state index is 12.4. The highest BCUT2D eigenvalue weighted by Crippen LogP contribution is 2.28. The van der Waals surface area contributed by atoms with Gasteiger partial charge < -0.3 is 9.47 Å². The number of fused-ring (bicyclic) bond motifs is 3. The maximum absolute atomic E-state index is 12.4. The van der Waals surface area contributed by atoms with Crippen molar-refractivity contribution in [2.24, 2.45) is 0 Å². The molecular weight excluding hydrogens is 366 g/mol. The number of para-hydroxylation sites is 1. The molecule has 3 aliphatic rings. The van der Waals surface area contributed by atoms with E-state index in [2.05, 4.69) is 50.2 Å². The Balaban J connectivity index is 1.65. The van der Waals surface area contributed by atoms with Gasteiger partial charge in [0.1, 0.15) is 0 Å². The third-order valence-electron chi connectivity index (χ3n) is 5.80. The van der Waals surface area contributed by atoms with Crippen LogP contribution in [0, 0.1) is 13.8 Å².